The molecular formula is C10H15ClN2O2S. The van der Waals surface area contributed by atoms with Crippen molar-refractivity contribution in [2.24, 2.45) is 0 Å². The summed E-state index contributed by atoms with van der Waals surface area (Å²) >= 11 is 7.32. The van der Waals surface area contributed by atoms with Crippen molar-refractivity contribution in [3.63, 3.8) is 0 Å². The maximum absolute atomic E-state index is 5.80. The molecule has 2 heterocycles. The van der Waals surface area contributed by atoms with E-state index in [9.17, 15) is 0 Å². The first-order valence-electron chi connectivity index (χ1n) is 5.11. The number of ether oxygens (including phenoxy) is 2. The summed E-state index contributed by atoms with van der Waals surface area (Å²) in [5.74, 6) is 0. The highest BCUT2D eigenvalue weighted by Gasteiger charge is 2.32. The third kappa shape index (κ3) is 2.73. The molecule has 0 bridgehead atoms. The quantitative estimate of drug-likeness (QED) is 0.826. The molecule has 16 heavy (non-hydrogen) atoms. The summed E-state index contributed by atoms with van der Waals surface area (Å²) in [7, 11) is 3.45. The van der Waals surface area contributed by atoms with Gasteiger partial charge in [0.1, 0.15) is 0 Å². The Kier molecular flexibility index (Phi) is 4.16. The first-order valence-corrected chi connectivity index (χ1v) is 6.30. The van der Waals surface area contributed by atoms with Gasteiger partial charge in [-0.1, -0.05) is 11.6 Å². The number of thiazole rings is 1. The topological polar surface area (TPSA) is 34.6 Å². The fourth-order valence-electron chi connectivity index (χ4n) is 1.98. The average Bonchev–Trinajstić information content (AvgIpc) is 2.85. The molecule has 1 aliphatic heterocycles. The number of aromatic nitrogens is 1. The molecule has 1 fully saturated rings. The SMILES string of the molecule is COC1CN(Cc2cnc(Cl)s2)CC1OC. The number of nitrogens with zero attached hydrogens (tertiary/aromatic N) is 2. The molecule has 4 nitrogen and oxygen atoms in total. The van der Waals surface area contributed by atoms with Gasteiger partial charge in [0.15, 0.2) is 4.47 Å². The Labute approximate surface area is 104 Å². The molecule has 2 unspecified atom stereocenters. The van der Waals surface area contributed by atoms with E-state index in [0.29, 0.717) is 4.47 Å². The van der Waals surface area contributed by atoms with Crippen molar-refractivity contribution in [2.45, 2.75) is 18.8 Å². The lowest BCUT2D eigenvalue weighted by molar-refractivity contribution is -0.00461. The van der Waals surface area contributed by atoms with Crippen molar-refractivity contribution >= 4 is 22.9 Å². The molecule has 6 heteroatoms. The van der Waals surface area contributed by atoms with Crippen LogP contribution in [0.1, 0.15) is 4.88 Å². The molecule has 0 amide bonds. The third-order valence-corrected chi connectivity index (χ3v) is 3.90. The minimum absolute atomic E-state index is 0.161. The summed E-state index contributed by atoms with van der Waals surface area (Å²) in [6, 6.07) is 0. The number of halogens is 1. The lowest BCUT2D eigenvalue weighted by Crippen LogP contribution is -2.27. The number of hydrogen-bond acceptors (Lipinski definition) is 5. The van der Waals surface area contributed by atoms with Gasteiger partial charge in [-0.25, -0.2) is 4.98 Å². The van der Waals surface area contributed by atoms with Crippen LogP contribution in [0.2, 0.25) is 4.47 Å². The number of rotatable bonds is 4. The van der Waals surface area contributed by atoms with Crippen LogP contribution >= 0.6 is 22.9 Å². The van der Waals surface area contributed by atoms with Crippen LogP contribution < -0.4 is 0 Å². The molecule has 0 N–H and O–H groups in total. The van der Waals surface area contributed by atoms with E-state index in [-0.39, 0.29) is 12.2 Å². The molecule has 0 spiro atoms. The zero-order chi connectivity index (χ0) is 11.5. The van der Waals surface area contributed by atoms with Crippen LogP contribution in [0, 0.1) is 0 Å². The fraction of sp³-hybridized carbons (Fsp3) is 0.700. The monoisotopic (exact) mass is 262 g/mol. The van der Waals surface area contributed by atoms with E-state index >= 15 is 0 Å². The summed E-state index contributed by atoms with van der Waals surface area (Å²) < 4.78 is 11.4. The molecular weight excluding hydrogens is 248 g/mol. The van der Waals surface area contributed by atoms with Crippen molar-refractivity contribution in [2.75, 3.05) is 27.3 Å². The Bertz CT molecular complexity index is 335. The summed E-state index contributed by atoms with van der Waals surface area (Å²) in [6.07, 6.45) is 2.15. The van der Waals surface area contributed by atoms with Crippen molar-refractivity contribution in [3.8, 4) is 0 Å². The molecule has 0 saturated carbocycles. The number of hydrogen-bond donors (Lipinski definition) is 0. The average molecular weight is 263 g/mol. The standard InChI is InChI=1S/C10H15ClN2O2S/c1-14-8-5-13(6-9(8)15-2)4-7-3-12-10(11)16-7/h3,8-9H,4-6H2,1-2H3. The van der Waals surface area contributed by atoms with E-state index in [4.69, 9.17) is 21.1 Å². The van der Waals surface area contributed by atoms with Crippen molar-refractivity contribution in [1.82, 2.24) is 9.88 Å². The Morgan fingerprint density at radius 1 is 1.44 bits per heavy atom. The predicted molar refractivity (Wildman–Crippen MR) is 64.0 cm³/mol. The first-order chi connectivity index (χ1) is 7.72. The Hall–Kier alpha value is -0.200. The molecule has 2 atom stereocenters. The third-order valence-electron chi connectivity index (χ3n) is 2.80. The summed E-state index contributed by atoms with van der Waals surface area (Å²) in [6.45, 7) is 2.65. The van der Waals surface area contributed by atoms with Gasteiger partial charge in [0.05, 0.1) is 12.2 Å². The highest BCUT2D eigenvalue weighted by atomic mass is 35.5. The van der Waals surface area contributed by atoms with Crippen molar-refractivity contribution in [1.29, 1.82) is 0 Å². The predicted octanol–water partition coefficient (Wildman–Crippen LogP) is 1.64. The second-order valence-electron chi connectivity index (χ2n) is 3.82. The Morgan fingerprint density at radius 3 is 2.50 bits per heavy atom. The van der Waals surface area contributed by atoms with Gasteiger partial charge in [-0.05, 0) is 0 Å². The van der Waals surface area contributed by atoms with Crippen LogP contribution in [-0.2, 0) is 16.0 Å². The summed E-state index contributed by atoms with van der Waals surface area (Å²) in [5, 5.41) is 0. The van der Waals surface area contributed by atoms with E-state index in [1.54, 1.807) is 14.2 Å². The second kappa shape index (κ2) is 5.42. The Balaban J connectivity index is 1.92. The number of methoxy groups -OCH3 is 2. The maximum atomic E-state index is 5.80. The van der Waals surface area contributed by atoms with Crippen LogP contribution in [0.3, 0.4) is 0 Å². The summed E-state index contributed by atoms with van der Waals surface area (Å²) in [5.41, 5.74) is 0. The molecule has 1 saturated heterocycles. The van der Waals surface area contributed by atoms with Crippen LogP contribution in [0.4, 0.5) is 0 Å². The molecule has 0 aliphatic carbocycles. The minimum Gasteiger partial charge on any atom is -0.377 e. The second-order valence-corrected chi connectivity index (χ2v) is 5.52. The lowest BCUT2D eigenvalue weighted by atomic mass is 10.3. The normalized spacial score (nSPS) is 26.4. The lowest BCUT2D eigenvalue weighted by Gasteiger charge is -2.13. The van der Waals surface area contributed by atoms with Gasteiger partial charge in [0.2, 0.25) is 0 Å². The van der Waals surface area contributed by atoms with Gasteiger partial charge >= 0.3 is 0 Å². The number of likely N-dealkylation sites (tertiary alicyclic amines) is 1. The first kappa shape index (κ1) is 12.3. The van der Waals surface area contributed by atoms with Gasteiger partial charge in [0.25, 0.3) is 0 Å². The Morgan fingerprint density at radius 2 is 2.06 bits per heavy atom. The maximum Gasteiger partial charge on any atom is 0.183 e. The van der Waals surface area contributed by atoms with Crippen molar-refractivity contribution < 1.29 is 9.47 Å². The fourth-order valence-corrected chi connectivity index (χ4v) is 3.00. The van der Waals surface area contributed by atoms with Crippen LogP contribution in [-0.4, -0.2) is 49.4 Å². The molecule has 1 aromatic rings. The van der Waals surface area contributed by atoms with Gasteiger partial charge in [-0.3, -0.25) is 4.90 Å². The largest absolute Gasteiger partial charge is 0.377 e. The molecule has 1 aromatic heterocycles. The highest BCUT2D eigenvalue weighted by Crippen LogP contribution is 2.23. The van der Waals surface area contributed by atoms with E-state index in [0.717, 1.165) is 19.6 Å². The van der Waals surface area contributed by atoms with E-state index < -0.39 is 0 Å². The zero-order valence-corrected chi connectivity index (χ0v) is 10.9. The van der Waals surface area contributed by atoms with Gasteiger partial charge < -0.3 is 9.47 Å². The van der Waals surface area contributed by atoms with Gasteiger partial charge in [-0.2, -0.15) is 0 Å². The molecule has 0 radical (unpaired) electrons. The molecule has 1 aliphatic rings. The van der Waals surface area contributed by atoms with Crippen LogP contribution in [0.5, 0.6) is 0 Å². The zero-order valence-electron chi connectivity index (χ0n) is 9.35. The van der Waals surface area contributed by atoms with Crippen LogP contribution in [0.25, 0.3) is 0 Å². The molecule has 0 aromatic carbocycles. The van der Waals surface area contributed by atoms with Crippen LogP contribution in [0.15, 0.2) is 6.20 Å². The smallest absolute Gasteiger partial charge is 0.183 e. The van der Waals surface area contributed by atoms with Gasteiger partial charge in [0, 0.05) is 44.9 Å². The van der Waals surface area contributed by atoms with E-state index in [1.807, 2.05) is 6.20 Å². The van der Waals surface area contributed by atoms with Gasteiger partial charge in [-0.15, -0.1) is 11.3 Å². The van der Waals surface area contributed by atoms with E-state index in [1.165, 1.54) is 16.2 Å². The molecule has 90 valence electrons. The molecule has 2 rings (SSSR count). The van der Waals surface area contributed by atoms with Crippen molar-refractivity contribution in [3.05, 3.63) is 15.5 Å². The minimum atomic E-state index is 0.161. The van der Waals surface area contributed by atoms with E-state index in [2.05, 4.69) is 9.88 Å². The summed E-state index contributed by atoms with van der Waals surface area (Å²) in [4.78, 5) is 7.51. The highest BCUT2D eigenvalue weighted by molar-refractivity contribution is 7.15.